The van der Waals surface area contributed by atoms with Crippen LogP contribution < -0.4 is 10.6 Å². The molecule has 0 bridgehead atoms. The highest BCUT2D eigenvalue weighted by atomic mass is 32.1. The fourth-order valence-electron chi connectivity index (χ4n) is 2.26. The third kappa shape index (κ3) is 3.41. The Balaban J connectivity index is 1.91. The lowest BCUT2D eigenvalue weighted by Crippen LogP contribution is -2.30. The van der Waals surface area contributed by atoms with E-state index < -0.39 is 0 Å². The van der Waals surface area contributed by atoms with Gasteiger partial charge in [0.2, 0.25) is 5.91 Å². The van der Waals surface area contributed by atoms with E-state index in [0.717, 1.165) is 21.3 Å². The van der Waals surface area contributed by atoms with Crippen molar-refractivity contribution in [2.75, 3.05) is 18.4 Å². The fourth-order valence-corrected chi connectivity index (χ4v) is 3.18. The average Bonchev–Trinajstić information content (AvgIpc) is 3.03. The molecule has 0 saturated carbocycles. The lowest BCUT2D eigenvalue weighted by molar-refractivity contribution is -0.119. The second kappa shape index (κ2) is 7.18. The van der Waals surface area contributed by atoms with E-state index in [9.17, 15) is 9.18 Å². The Morgan fingerprint density at radius 2 is 2.08 bits per heavy atom. The molecule has 0 aliphatic rings. The van der Waals surface area contributed by atoms with Gasteiger partial charge in [0.05, 0.1) is 11.9 Å². The predicted molar refractivity (Wildman–Crippen MR) is 94.5 cm³/mol. The van der Waals surface area contributed by atoms with Gasteiger partial charge in [-0.05, 0) is 17.7 Å². The van der Waals surface area contributed by atoms with Gasteiger partial charge in [-0.1, -0.05) is 18.2 Å². The molecule has 0 unspecified atom stereocenters. The molecule has 2 N–H and O–H groups in total. The number of anilines is 1. The molecular weight excluding hydrogens is 327 g/mol. The van der Waals surface area contributed by atoms with Gasteiger partial charge in [0, 0.05) is 17.5 Å². The van der Waals surface area contributed by atoms with Gasteiger partial charge in [-0.25, -0.2) is 14.4 Å². The maximum Gasteiger partial charge on any atom is 0.239 e. The number of nitrogens with zero attached hydrogens (tertiary/aromatic N) is 2. The summed E-state index contributed by atoms with van der Waals surface area (Å²) in [6.45, 7) is 4.07. The van der Waals surface area contributed by atoms with E-state index in [1.807, 2.05) is 5.38 Å². The number of aromatic nitrogens is 2. The number of carbonyl (C=O) groups excluding carboxylic acids is 1. The third-order valence-electron chi connectivity index (χ3n) is 3.39. The van der Waals surface area contributed by atoms with Crippen LogP contribution in [0.25, 0.3) is 21.3 Å². The summed E-state index contributed by atoms with van der Waals surface area (Å²) in [7, 11) is 0. The minimum absolute atomic E-state index is 0.0959. The van der Waals surface area contributed by atoms with E-state index in [1.165, 1.54) is 29.8 Å². The van der Waals surface area contributed by atoms with Gasteiger partial charge in [-0.15, -0.1) is 17.9 Å². The van der Waals surface area contributed by atoms with Crippen molar-refractivity contribution in [1.29, 1.82) is 0 Å². The van der Waals surface area contributed by atoms with Crippen molar-refractivity contribution < 1.29 is 9.18 Å². The van der Waals surface area contributed by atoms with Gasteiger partial charge in [0.25, 0.3) is 0 Å². The van der Waals surface area contributed by atoms with Crippen molar-refractivity contribution in [2.45, 2.75) is 0 Å². The minimum Gasteiger partial charge on any atom is -0.360 e. The molecule has 1 amide bonds. The Hall–Kier alpha value is -2.80. The molecule has 3 aromatic rings. The van der Waals surface area contributed by atoms with Crippen molar-refractivity contribution in [1.82, 2.24) is 15.3 Å². The van der Waals surface area contributed by atoms with Gasteiger partial charge in [-0.2, -0.15) is 0 Å². The van der Waals surface area contributed by atoms with E-state index in [4.69, 9.17) is 0 Å². The van der Waals surface area contributed by atoms with Gasteiger partial charge in [0.15, 0.2) is 0 Å². The number of carbonyl (C=O) groups is 1. The smallest absolute Gasteiger partial charge is 0.239 e. The quantitative estimate of drug-likeness (QED) is 0.675. The standard InChI is InChI=1S/C17H15FN4OS/c1-2-7-19-14(23)8-20-16-15-13(9-24-17(15)22-10-21-16)11-3-5-12(18)6-4-11/h2-6,9-10H,1,7-8H2,(H,19,23)(H,20,21,22). The zero-order valence-electron chi connectivity index (χ0n) is 12.8. The lowest BCUT2D eigenvalue weighted by atomic mass is 10.1. The Morgan fingerprint density at radius 3 is 2.83 bits per heavy atom. The Labute approximate surface area is 142 Å². The fraction of sp³-hybridized carbons (Fsp3) is 0.118. The van der Waals surface area contributed by atoms with Crippen LogP contribution in [0.1, 0.15) is 0 Å². The summed E-state index contributed by atoms with van der Waals surface area (Å²) < 4.78 is 13.1. The molecule has 24 heavy (non-hydrogen) atoms. The number of hydrogen-bond donors (Lipinski definition) is 2. The first-order chi connectivity index (χ1) is 11.7. The molecule has 0 spiro atoms. The van der Waals surface area contributed by atoms with Gasteiger partial charge < -0.3 is 10.6 Å². The van der Waals surface area contributed by atoms with E-state index in [1.54, 1.807) is 18.2 Å². The molecule has 0 radical (unpaired) electrons. The first kappa shape index (κ1) is 16.1. The van der Waals surface area contributed by atoms with E-state index in [0.29, 0.717) is 12.4 Å². The van der Waals surface area contributed by atoms with Gasteiger partial charge in [0.1, 0.15) is 22.8 Å². The number of benzene rings is 1. The number of nitrogens with one attached hydrogen (secondary N) is 2. The van der Waals surface area contributed by atoms with Crippen molar-refractivity contribution in [3.63, 3.8) is 0 Å². The van der Waals surface area contributed by atoms with Crippen LogP contribution in [0.15, 0.2) is 48.6 Å². The monoisotopic (exact) mass is 342 g/mol. The van der Waals surface area contributed by atoms with Crippen molar-refractivity contribution in [2.24, 2.45) is 0 Å². The number of thiophene rings is 1. The third-order valence-corrected chi connectivity index (χ3v) is 4.27. The Bertz CT molecular complexity index is 876. The lowest BCUT2D eigenvalue weighted by Gasteiger charge is -2.08. The number of amides is 1. The average molecular weight is 342 g/mol. The SMILES string of the molecule is C=CCNC(=O)CNc1ncnc2scc(-c3ccc(F)cc3)c12. The van der Waals surface area contributed by atoms with Crippen LogP contribution in [-0.4, -0.2) is 29.0 Å². The normalized spacial score (nSPS) is 10.5. The molecule has 1 aromatic carbocycles. The first-order valence-corrected chi connectivity index (χ1v) is 8.16. The molecule has 7 heteroatoms. The molecule has 2 heterocycles. The second-order valence-corrected chi connectivity index (χ2v) is 5.86. The second-order valence-electron chi connectivity index (χ2n) is 5.01. The molecule has 3 rings (SSSR count). The van der Waals surface area contributed by atoms with Crippen LogP contribution in [0.5, 0.6) is 0 Å². The molecular formula is C17H15FN4OS. The Kier molecular flexibility index (Phi) is 4.81. The summed E-state index contributed by atoms with van der Waals surface area (Å²) in [4.78, 5) is 21.0. The topological polar surface area (TPSA) is 66.9 Å². The molecule has 122 valence electrons. The molecule has 0 aliphatic heterocycles. The number of rotatable bonds is 6. The van der Waals surface area contributed by atoms with Crippen LogP contribution in [0.4, 0.5) is 10.2 Å². The van der Waals surface area contributed by atoms with Crippen LogP contribution in [0.3, 0.4) is 0 Å². The molecule has 0 atom stereocenters. The first-order valence-electron chi connectivity index (χ1n) is 7.28. The summed E-state index contributed by atoms with van der Waals surface area (Å²) in [6.07, 6.45) is 3.07. The number of fused-ring (bicyclic) bond motifs is 1. The molecule has 0 fully saturated rings. The summed E-state index contributed by atoms with van der Waals surface area (Å²) in [5.74, 6) is 0.140. The molecule has 2 aromatic heterocycles. The van der Waals surface area contributed by atoms with Crippen molar-refractivity contribution in [3.8, 4) is 11.1 Å². The largest absolute Gasteiger partial charge is 0.360 e. The number of halogens is 1. The highest BCUT2D eigenvalue weighted by Crippen LogP contribution is 2.36. The van der Waals surface area contributed by atoms with Crippen molar-refractivity contribution in [3.05, 3.63) is 54.4 Å². The van der Waals surface area contributed by atoms with E-state index in [2.05, 4.69) is 27.2 Å². The summed E-state index contributed by atoms with van der Waals surface area (Å²) in [5.41, 5.74) is 1.78. The van der Waals surface area contributed by atoms with Gasteiger partial charge >= 0.3 is 0 Å². The highest BCUT2D eigenvalue weighted by molar-refractivity contribution is 7.17. The van der Waals surface area contributed by atoms with E-state index >= 15 is 0 Å². The molecule has 0 saturated heterocycles. The number of hydrogen-bond acceptors (Lipinski definition) is 5. The molecule has 5 nitrogen and oxygen atoms in total. The van der Waals surface area contributed by atoms with E-state index in [-0.39, 0.29) is 18.3 Å². The highest BCUT2D eigenvalue weighted by Gasteiger charge is 2.13. The maximum absolute atomic E-state index is 13.1. The van der Waals surface area contributed by atoms with Crippen LogP contribution in [0.2, 0.25) is 0 Å². The zero-order chi connectivity index (χ0) is 16.9. The zero-order valence-corrected chi connectivity index (χ0v) is 13.6. The van der Waals surface area contributed by atoms with Crippen molar-refractivity contribution >= 4 is 33.3 Å². The minimum atomic E-state index is -0.285. The Morgan fingerprint density at radius 1 is 1.29 bits per heavy atom. The summed E-state index contributed by atoms with van der Waals surface area (Å²) in [6, 6.07) is 6.26. The van der Waals surface area contributed by atoms with Crippen LogP contribution in [0, 0.1) is 5.82 Å². The maximum atomic E-state index is 13.1. The summed E-state index contributed by atoms with van der Waals surface area (Å²) in [5, 5.41) is 8.51. The molecule has 0 aliphatic carbocycles. The summed E-state index contributed by atoms with van der Waals surface area (Å²) >= 11 is 1.48. The van der Waals surface area contributed by atoms with Gasteiger partial charge in [-0.3, -0.25) is 4.79 Å². The van der Waals surface area contributed by atoms with Crippen LogP contribution in [-0.2, 0) is 4.79 Å². The predicted octanol–water partition coefficient (Wildman–Crippen LogP) is 3.21. The van der Waals surface area contributed by atoms with Crippen LogP contribution >= 0.6 is 11.3 Å².